The van der Waals surface area contributed by atoms with Gasteiger partial charge in [0.05, 0.1) is 0 Å². The predicted octanol–water partition coefficient (Wildman–Crippen LogP) is 1.26. The normalized spacial score (nSPS) is 23.1. The number of rotatable bonds is 6. The van der Waals surface area contributed by atoms with Gasteiger partial charge in [0.15, 0.2) is 11.8 Å². The van der Waals surface area contributed by atoms with Crippen LogP contribution in [0, 0.1) is 6.92 Å². The molecule has 2 N–H and O–H groups in total. The summed E-state index contributed by atoms with van der Waals surface area (Å²) in [7, 11) is 1.24. The molecule has 1 aromatic rings. The molecule has 136 valence electrons. The number of hydrogen-bond acceptors (Lipinski definition) is 4. The van der Waals surface area contributed by atoms with Crippen LogP contribution in [0.5, 0.6) is 0 Å². The molecule has 1 aliphatic carbocycles. The van der Waals surface area contributed by atoms with Crippen molar-refractivity contribution in [3.05, 3.63) is 11.6 Å². The Hall–Kier alpha value is -1.44. The van der Waals surface area contributed by atoms with Crippen LogP contribution in [-0.4, -0.2) is 48.5 Å². The zero-order valence-electron chi connectivity index (χ0n) is 15.2. The van der Waals surface area contributed by atoms with E-state index >= 15 is 0 Å². The minimum Gasteiger partial charge on any atom is -0.357 e. The minimum atomic E-state index is -0.708. The fourth-order valence-corrected chi connectivity index (χ4v) is 4.35. The van der Waals surface area contributed by atoms with E-state index in [0.29, 0.717) is 17.8 Å². The molecule has 0 radical (unpaired) electrons. The number of guanidine groups is 1. The van der Waals surface area contributed by atoms with Gasteiger partial charge in [-0.15, -0.1) is 10.2 Å². The van der Waals surface area contributed by atoms with Gasteiger partial charge in [-0.25, -0.2) is 4.99 Å². The SMILES string of the molecule is CCNC(=NCc1nnc(C)n1C)NC1CCCC(S(=O)CC)C1. The molecule has 8 heteroatoms. The standard InChI is InChI=1S/C16H30N6OS/c1-5-17-16(18-11-15-21-20-12(3)22(15)4)19-13-8-7-9-14(10-13)24(23)6-2/h13-14H,5-11H2,1-4H3,(H2,17,18,19). The van der Waals surface area contributed by atoms with Crippen molar-refractivity contribution in [2.24, 2.45) is 12.0 Å². The van der Waals surface area contributed by atoms with Crippen LogP contribution in [0.4, 0.5) is 0 Å². The summed E-state index contributed by atoms with van der Waals surface area (Å²) in [6, 6.07) is 0.332. The predicted molar refractivity (Wildman–Crippen MR) is 98.4 cm³/mol. The lowest BCUT2D eigenvalue weighted by Crippen LogP contribution is -2.46. The molecule has 0 amide bonds. The number of aromatic nitrogens is 3. The molecule has 1 fully saturated rings. The first-order valence-corrected chi connectivity index (χ1v) is 10.2. The first-order valence-electron chi connectivity index (χ1n) is 8.82. The van der Waals surface area contributed by atoms with Crippen LogP contribution in [0.1, 0.15) is 51.2 Å². The smallest absolute Gasteiger partial charge is 0.191 e. The molecule has 24 heavy (non-hydrogen) atoms. The number of aryl methyl sites for hydroxylation is 1. The Labute approximate surface area is 147 Å². The van der Waals surface area contributed by atoms with E-state index in [0.717, 1.165) is 55.6 Å². The van der Waals surface area contributed by atoms with E-state index in [9.17, 15) is 4.21 Å². The highest BCUT2D eigenvalue weighted by molar-refractivity contribution is 7.85. The van der Waals surface area contributed by atoms with Gasteiger partial charge in [0.1, 0.15) is 12.4 Å². The molecule has 1 aromatic heterocycles. The topological polar surface area (TPSA) is 84.2 Å². The third kappa shape index (κ3) is 5.03. The number of hydrogen-bond donors (Lipinski definition) is 2. The van der Waals surface area contributed by atoms with Crippen molar-refractivity contribution in [2.75, 3.05) is 12.3 Å². The molecule has 1 saturated carbocycles. The van der Waals surface area contributed by atoms with Gasteiger partial charge in [0.25, 0.3) is 0 Å². The van der Waals surface area contributed by atoms with Crippen LogP contribution in [0.2, 0.25) is 0 Å². The fraction of sp³-hybridized carbons (Fsp3) is 0.812. The second kappa shape index (κ2) is 9.15. The van der Waals surface area contributed by atoms with E-state index in [2.05, 4.69) is 32.7 Å². The van der Waals surface area contributed by atoms with Gasteiger partial charge in [0.2, 0.25) is 0 Å². The van der Waals surface area contributed by atoms with Crippen LogP contribution in [0.3, 0.4) is 0 Å². The Bertz CT molecular complexity index is 585. The van der Waals surface area contributed by atoms with E-state index in [1.54, 1.807) is 0 Å². The summed E-state index contributed by atoms with van der Waals surface area (Å²) in [6.07, 6.45) is 4.25. The summed E-state index contributed by atoms with van der Waals surface area (Å²) in [5, 5.41) is 15.3. The summed E-state index contributed by atoms with van der Waals surface area (Å²) < 4.78 is 14.0. The van der Waals surface area contributed by atoms with Crippen LogP contribution < -0.4 is 10.6 Å². The lowest BCUT2D eigenvalue weighted by molar-refractivity contribution is 0.413. The molecule has 2 rings (SSSR count). The molecule has 3 atom stereocenters. The van der Waals surface area contributed by atoms with Crippen LogP contribution >= 0.6 is 0 Å². The highest BCUT2D eigenvalue weighted by Crippen LogP contribution is 2.23. The monoisotopic (exact) mass is 354 g/mol. The Balaban J connectivity index is 1.98. The van der Waals surface area contributed by atoms with Crippen molar-refractivity contribution < 1.29 is 4.21 Å². The first-order chi connectivity index (χ1) is 11.5. The maximum absolute atomic E-state index is 12.1. The zero-order chi connectivity index (χ0) is 17.5. The van der Waals surface area contributed by atoms with Gasteiger partial charge < -0.3 is 15.2 Å². The van der Waals surface area contributed by atoms with E-state index in [1.807, 2.05) is 25.5 Å². The van der Waals surface area contributed by atoms with Gasteiger partial charge in [-0.05, 0) is 33.1 Å². The molecule has 0 bridgehead atoms. The molecule has 0 aromatic carbocycles. The van der Waals surface area contributed by atoms with Gasteiger partial charge in [-0.1, -0.05) is 13.3 Å². The van der Waals surface area contributed by atoms with Gasteiger partial charge in [0, 0.05) is 41.4 Å². The number of aliphatic imine (C=N–C) groups is 1. The van der Waals surface area contributed by atoms with E-state index < -0.39 is 10.8 Å². The van der Waals surface area contributed by atoms with E-state index in [4.69, 9.17) is 0 Å². The Kier molecular flexibility index (Phi) is 7.20. The average Bonchev–Trinajstić information content (AvgIpc) is 2.91. The first kappa shape index (κ1) is 18.9. The third-order valence-electron chi connectivity index (χ3n) is 4.53. The van der Waals surface area contributed by atoms with Gasteiger partial charge in [-0.2, -0.15) is 0 Å². The quantitative estimate of drug-likeness (QED) is 0.593. The zero-order valence-corrected chi connectivity index (χ0v) is 16.0. The summed E-state index contributed by atoms with van der Waals surface area (Å²) in [6.45, 7) is 7.28. The molecule has 7 nitrogen and oxygen atoms in total. The lowest BCUT2D eigenvalue weighted by Gasteiger charge is -2.30. The Morgan fingerprint density at radius 1 is 1.38 bits per heavy atom. The molecular weight excluding hydrogens is 324 g/mol. The van der Waals surface area contributed by atoms with Gasteiger partial charge >= 0.3 is 0 Å². The van der Waals surface area contributed by atoms with Crippen LogP contribution in [0.15, 0.2) is 4.99 Å². The molecule has 1 heterocycles. The van der Waals surface area contributed by atoms with Crippen molar-refractivity contribution in [1.82, 2.24) is 25.4 Å². The van der Waals surface area contributed by atoms with Crippen LogP contribution in [0.25, 0.3) is 0 Å². The average molecular weight is 355 g/mol. The number of nitrogens with one attached hydrogen (secondary N) is 2. The second-order valence-electron chi connectivity index (χ2n) is 6.22. The van der Waals surface area contributed by atoms with Crippen molar-refractivity contribution >= 4 is 16.8 Å². The molecule has 0 spiro atoms. The van der Waals surface area contributed by atoms with Crippen molar-refractivity contribution in [1.29, 1.82) is 0 Å². The molecule has 3 unspecified atom stereocenters. The van der Waals surface area contributed by atoms with Crippen molar-refractivity contribution in [3.63, 3.8) is 0 Å². The summed E-state index contributed by atoms with van der Waals surface area (Å²) in [5.74, 6) is 3.27. The van der Waals surface area contributed by atoms with Gasteiger partial charge in [-0.3, -0.25) is 4.21 Å². The Morgan fingerprint density at radius 3 is 2.79 bits per heavy atom. The largest absolute Gasteiger partial charge is 0.357 e. The maximum Gasteiger partial charge on any atom is 0.191 e. The minimum absolute atomic E-state index is 0.311. The molecule has 1 aliphatic rings. The molecule has 0 saturated heterocycles. The Morgan fingerprint density at radius 2 is 2.17 bits per heavy atom. The maximum atomic E-state index is 12.1. The van der Waals surface area contributed by atoms with E-state index in [-0.39, 0.29) is 0 Å². The van der Waals surface area contributed by atoms with Crippen molar-refractivity contribution in [2.45, 2.75) is 64.3 Å². The third-order valence-corrected chi connectivity index (χ3v) is 6.27. The fourth-order valence-electron chi connectivity index (χ4n) is 3.00. The van der Waals surface area contributed by atoms with Crippen molar-refractivity contribution in [3.8, 4) is 0 Å². The summed E-state index contributed by atoms with van der Waals surface area (Å²) in [5.41, 5.74) is 0. The summed E-state index contributed by atoms with van der Waals surface area (Å²) >= 11 is 0. The summed E-state index contributed by atoms with van der Waals surface area (Å²) in [4.78, 5) is 4.64. The van der Waals surface area contributed by atoms with E-state index in [1.165, 1.54) is 0 Å². The second-order valence-corrected chi connectivity index (χ2v) is 8.22. The highest BCUT2D eigenvalue weighted by Gasteiger charge is 2.26. The lowest BCUT2D eigenvalue weighted by atomic mass is 9.95. The number of nitrogens with zero attached hydrogens (tertiary/aromatic N) is 4. The molecular formula is C16H30N6OS. The van der Waals surface area contributed by atoms with Crippen LogP contribution in [-0.2, 0) is 24.4 Å². The highest BCUT2D eigenvalue weighted by atomic mass is 32.2. The molecule has 0 aliphatic heterocycles.